The molecule has 85 valence electrons. The molecule has 1 radical (unpaired) electrons. The molecule has 0 saturated carbocycles. The standard InChI is InChI=1S/C9H8NO5S/c1-2-7-15-16(13,14)9-5-3-8(4-6-9)10(11)12/h2-7H,1H2. The summed E-state index contributed by atoms with van der Waals surface area (Å²) in [7, 11) is -3.91. The average Bonchev–Trinajstić information content (AvgIpc) is 2.26. The van der Waals surface area contributed by atoms with Crippen LogP contribution in [-0.4, -0.2) is 13.3 Å². The van der Waals surface area contributed by atoms with E-state index in [-0.39, 0.29) is 10.6 Å². The van der Waals surface area contributed by atoms with Gasteiger partial charge in [-0.2, -0.15) is 8.42 Å². The van der Waals surface area contributed by atoms with Crippen molar-refractivity contribution in [3.05, 3.63) is 53.6 Å². The molecule has 0 aliphatic carbocycles. The molecule has 1 rings (SSSR count). The van der Waals surface area contributed by atoms with Gasteiger partial charge >= 0.3 is 0 Å². The van der Waals surface area contributed by atoms with Crippen molar-refractivity contribution >= 4 is 15.8 Å². The van der Waals surface area contributed by atoms with E-state index in [1.165, 1.54) is 6.08 Å². The van der Waals surface area contributed by atoms with E-state index >= 15 is 0 Å². The van der Waals surface area contributed by atoms with E-state index in [4.69, 9.17) is 0 Å². The quantitative estimate of drug-likeness (QED) is 0.445. The van der Waals surface area contributed by atoms with Crippen molar-refractivity contribution in [2.75, 3.05) is 0 Å². The van der Waals surface area contributed by atoms with Crippen LogP contribution in [0.3, 0.4) is 0 Å². The lowest BCUT2D eigenvalue weighted by Gasteiger charge is -2.01. The Kier molecular flexibility index (Phi) is 3.75. The highest BCUT2D eigenvalue weighted by Crippen LogP contribution is 2.17. The molecule has 7 heteroatoms. The maximum atomic E-state index is 11.4. The maximum Gasteiger partial charge on any atom is 0.297 e. The summed E-state index contributed by atoms with van der Waals surface area (Å²) < 4.78 is 27.2. The molecule has 1 aromatic rings. The van der Waals surface area contributed by atoms with E-state index in [9.17, 15) is 18.5 Å². The van der Waals surface area contributed by atoms with Crippen LogP contribution in [0.25, 0.3) is 0 Å². The highest BCUT2D eigenvalue weighted by Gasteiger charge is 2.16. The zero-order valence-electron chi connectivity index (χ0n) is 8.07. The molecule has 0 atom stereocenters. The van der Waals surface area contributed by atoms with Crippen LogP contribution in [0.1, 0.15) is 0 Å². The lowest BCUT2D eigenvalue weighted by molar-refractivity contribution is -0.384. The second kappa shape index (κ2) is 4.86. The van der Waals surface area contributed by atoms with E-state index in [0.717, 1.165) is 30.9 Å². The van der Waals surface area contributed by atoms with Crippen LogP contribution in [-0.2, 0) is 14.3 Å². The van der Waals surface area contributed by atoms with E-state index in [0.29, 0.717) is 0 Å². The fourth-order valence-corrected chi connectivity index (χ4v) is 1.71. The fourth-order valence-electron chi connectivity index (χ4n) is 0.902. The number of hydrogen-bond donors (Lipinski definition) is 0. The first-order chi connectivity index (χ1) is 7.47. The van der Waals surface area contributed by atoms with Gasteiger partial charge in [0.2, 0.25) is 0 Å². The zero-order valence-corrected chi connectivity index (χ0v) is 8.88. The zero-order chi connectivity index (χ0) is 12.2. The van der Waals surface area contributed by atoms with Crippen LogP contribution in [0.4, 0.5) is 5.69 Å². The van der Waals surface area contributed by atoms with Crippen LogP contribution in [0.15, 0.2) is 41.8 Å². The highest BCUT2D eigenvalue weighted by atomic mass is 32.2. The molecule has 16 heavy (non-hydrogen) atoms. The first-order valence-corrected chi connectivity index (χ1v) is 5.50. The molecule has 1 aromatic carbocycles. The third kappa shape index (κ3) is 2.88. The van der Waals surface area contributed by atoms with Crippen LogP contribution < -0.4 is 0 Å². The molecule has 0 fully saturated rings. The Balaban J connectivity index is 2.97. The smallest absolute Gasteiger partial charge is 0.258 e. The maximum absolute atomic E-state index is 11.4. The van der Waals surface area contributed by atoms with Gasteiger partial charge < -0.3 is 0 Å². The monoisotopic (exact) mass is 242 g/mol. The SMILES string of the molecule is C=C[CH]OS(=O)(=O)c1ccc([N+](=O)[O-])cc1. The summed E-state index contributed by atoms with van der Waals surface area (Å²) in [6, 6.07) is 4.38. The van der Waals surface area contributed by atoms with E-state index in [1.807, 2.05) is 0 Å². The van der Waals surface area contributed by atoms with Gasteiger partial charge in [-0.3, -0.25) is 14.3 Å². The predicted octanol–water partition coefficient (Wildman–Crippen LogP) is 1.65. The highest BCUT2D eigenvalue weighted by molar-refractivity contribution is 7.86. The summed E-state index contributed by atoms with van der Waals surface area (Å²) in [5.41, 5.74) is -0.188. The second-order valence-electron chi connectivity index (χ2n) is 2.67. The molecular weight excluding hydrogens is 234 g/mol. The first kappa shape index (κ1) is 12.3. The topological polar surface area (TPSA) is 86.5 Å². The Morgan fingerprint density at radius 1 is 1.31 bits per heavy atom. The van der Waals surface area contributed by atoms with Crippen molar-refractivity contribution in [2.45, 2.75) is 4.90 Å². The minimum Gasteiger partial charge on any atom is -0.258 e. The van der Waals surface area contributed by atoms with Crippen molar-refractivity contribution < 1.29 is 17.5 Å². The third-order valence-electron chi connectivity index (χ3n) is 1.61. The number of hydrogen-bond acceptors (Lipinski definition) is 5. The molecule has 6 nitrogen and oxygen atoms in total. The third-order valence-corrected chi connectivity index (χ3v) is 2.83. The molecule has 0 amide bonds. The Bertz CT molecular complexity index is 491. The van der Waals surface area contributed by atoms with Crippen molar-refractivity contribution in [1.82, 2.24) is 0 Å². The molecule has 0 spiro atoms. The van der Waals surface area contributed by atoms with Crippen molar-refractivity contribution in [1.29, 1.82) is 0 Å². The summed E-state index contributed by atoms with van der Waals surface area (Å²) in [6.07, 6.45) is 1.17. The second-order valence-corrected chi connectivity index (χ2v) is 4.25. The van der Waals surface area contributed by atoms with Gasteiger partial charge in [0.1, 0.15) is 6.61 Å². The summed E-state index contributed by atoms with van der Waals surface area (Å²) in [5, 5.41) is 10.3. The van der Waals surface area contributed by atoms with Gasteiger partial charge in [0.05, 0.1) is 9.82 Å². The average molecular weight is 242 g/mol. The van der Waals surface area contributed by atoms with Gasteiger partial charge in [0, 0.05) is 12.1 Å². The Labute approximate surface area is 92.4 Å². The van der Waals surface area contributed by atoms with Crippen molar-refractivity contribution in [3.8, 4) is 0 Å². The molecular formula is C9H8NO5S. The van der Waals surface area contributed by atoms with Gasteiger partial charge in [0.15, 0.2) is 0 Å². The summed E-state index contributed by atoms with van der Waals surface area (Å²) in [5.74, 6) is 0. The van der Waals surface area contributed by atoms with E-state index < -0.39 is 15.0 Å². The normalized spacial score (nSPS) is 11.0. The summed E-state index contributed by atoms with van der Waals surface area (Å²) in [6.45, 7) is 4.17. The fraction of sp³-hybridized carbons (Fsp3) is 0. The summed E-state index contributed by atoms with van der Waals surface area (Å²) >= 11 is 0. The molecule has 0 aliphatic rings. The van der Waals surface area contributed by atoms with Gasteiger partial charge in [-0.25, -0.2) is 0 Å². The van der Waals surface area contributed by atoms with Gasteiger partial charge in [0.25, 0.3) is 15.8 Å². The molecule has 0 N–H and O–H groups in total. The lowest BCUT2D eigenvalue weighted by Crippen LogP contribution is -2.03. The number of nitrogens with zero attached hydrogens (tertiary/aromatic N) is 1. The molecule has 0 heterocycles. The minimum atomic E-state index is -3.91. The Hall–Kier alpha value is -1.73. The Morgan fingerprint density at radius 2 is 1.88 bits per heavy atom. The van der Waals surface area contributed by atoms with E-state index in [2.05, 4.69) is 10.8 Å². The Morgan fingerprint density at radius 3 is 2.31 bits per heavy atom. The van der Waals surface area contributed by atoms with Gasteiger partial charge in [-0.1, -0.05) is 6.08 Å². The van der Waals surface area contributed by atoms with Crippen molar-refractivity contribution in [3.63, 3.8) is 0 Å². The number of nitro groups is 1. The van der Waals surface area contributed by atoms with Gasteiger partial charge in [-0.15, -0.1) is 6.58 Å². The first-order valence-electron chi connectivity index (χ1n) is 4.09. The van der Waals surface area contributed by atoms with Crippen LogP contribution in [0, 0.1) is 16.7 Å². The number of non-ortho nitro benzene ring substituents is 1. The molecule has 0 saturated heterocycles. The van der Waals surface area contributed by atoms with Crippen LogP contribution in [0.2, 0.25) is 0 Å². The predicted molar refractivity (Wildman–Crippen MR) is 55.9 cm³/mol. The summed E-state index contributed by atoms with van der Waals surface area (Å²) in [4.78, 5) is 9.57. The molecule has 0 aliphatic heterocycles. The number of benzene rings is 1. The minimum absolute atomic E-state index is 0.156. The largest absolute Gasteiger partial charge is 0.297 e. The molecule has 0 unspecified atom stereocenters. The van der Waals surface area contributed by atoms with Crippen molar-refractivity contribution in [2.24, 2.45) is 0 Å². The van der Waals surface area contributed by atoms with Crippen LogP contribution >= 0.6 is 0 Å². The van der Waals surface area contributed by atoms with Crippen LogP contribution in [0.5, 0.6) is 0 Å². The lowest BCUT2D eigenvalue weighted by atomic mass is 10.3. The molecule has 0 aromatic heterocycles. The number of rotatable bonds is 5. The van der Waals surface area contributed by atoms with E-state index in [1.54, 1.807) is 0 Å². The van der Waals surface area contributed by atoms with Gasteiger partial charge in [-0.05, 0) is 12.1 Å². The molecule has 0 bridgehead atoms. The number of nitro benzene ring substituents is 1.